The minimum atomic E-state index is -0.550. The van der Waals surface area contributed by atoms with Crippen molar-refractivity contribution in [3.63, 3.8) is 0 Å². The number of aromatic hydroxyl groups is 1. The van der Waals surface area contributed by atoms with Crippen LogP contribution in [-0.4, -0.2) is 68.0 Å². The van der Waals surface area contributed by atoms with Gasteiger partial charge in [0.15, 0.2) is 25.1 Å². The SMILES string of the molecule is CCOC(=O)c1cc(-c2ccc(O)c(C#N)c2)ncc1OCOC.CCOC(=O)c1cc(-c2ccc(OCc3ccccc3)c(C#N)c2)ncc1OCOC. The minimum absolute atomic E-state index is 0.0283. The summed E-state index contributed by atoms with van der Waals surface area (Å²) in [6.07, 6.45) is 2.83. The Balaban J connectivity index is 0.000000253. The van der Waals surface area contributed by atoms with Gasteiger partial charge in [0, 0.05) is 25.3 Å². The monoisotopic (exact) mass is 746 g/mol. The fourth-order valence-corrected chi connectivity index (χ4v) is 4.84. The first-order valence-corrected chi connectivity index (χ1v) is 16.8. The molecule has 0 radical (unpaired) electrons. The quantitative estimate of drug-likeness (QED) is 0.0864. The zero-order chi connectivity index (χ0) is 39.6. The van der Waals surface area contributed by atoms with Crippen molar-refractivity contribution in [3.05, 3.63) is 119 Å². The Hall–Kier alpha value is -7.00. The van der Waals surface area contributed by atoms with Crippen LogP contribution in [0.2, 0.25) is 0 Å². The van der Waals surface area contributed by atoms with Crippen molar-refractivity contribution < 1.29 is 47.9 Å². The second kappa shape index (κ2) is 20.9. The summed E-state index contributed by atoms with van der Waals surface area (Å²) in [5, 5.41) is 28.2. The van der Waals surface area contributed by atoms with Crippen LogP contribution in [0.15, 0.2) is 91.3 Å². The molecular formula is C41H38N4O10. The van der Waals surface area contributed by atoms with Crippen molar-refractivity contribution in [2.45, 2.75) is 20.5 Å². The number of phenols is 1. The number of hydrogen-bond acceptors (Lipinski definition) is 14. The van der Waals surface area contributed by atoms with E-state index >= 15 is 0 Å². The number of phenolic OH excluding ortho intramolecular Hbond substituents is 1. The van der Waals surface area contributed by atoms with Gasteiger partial charge in [-0.15, -0.1) is 0 Å². The van der Waals surface area contributed by atoms with Crippen LogP contribution in [-0.2, 0) is 25.6 Å². The summed E-state index contributed by atoms with van der Waals surface area (Å²) in [6.45, 7) is 4.17. The molecule has 14 heteroatoms. The summed E-state index contributed by atoms with van der Waals surface area (Å²) >= 11 is 0. The molecule has 0 aliphatic rings. The van der Waals surface area contributed by atoms with E-state index in [9.17, 15) is 20.0 Å². The molecule has 0 fully saturated rings. The normalized spacial score (nSPS) is 10.1. The van der Waals surface area contributed by atoms with Crippen LogP contribution in [0.5, 0.6) is 23.0 Å². The second-order valence-electron chi connectivity index (χ2n) is 11.1. The van der Waals surface area contributed by atoms with Crippen LogP contribution in [0.4, 0.5) is 0 Å². The van der Waals surface area contributed by atoms with E-state index < -0.39 is 11.9 Å². The summed E-state index contributed by atoms with van der Waals surface area (Å²) in [5.74, 6) is -0.231. The maximum absolute atomic E-state index is 12.4. The van der Waals surface area contributed by atoms with Gasteiger partial charge < -0.3 is 38.3 Å². The number of nitriles is 2. The third-order valence-electron chi connectivity index (χ3n) is 7.44. The highest BCUT2D eigenvalue weighted by atomic mass is 16.7. The molecule has 282 valence electrons. The van der Waals surface area contributed by atoms with Crippen molar-refractivity contribution in [2.24, 2.45) is 0 Å². The van der Waals surface area contributed by atoms with Crippen LogP contribution in [0, 0.1) is 22.7 Å². The lowest BCUT2D eigenvalue weighted by Gasteiger charge is -2.12. The van der Waals surface area contributed by atoms with Crippen molar-refractivity contribution in [3.8, 4) is 57.7 Å². The predicted molar refractivity (Wildman–Crippen MR) is 198 cm³/mol. The smallest absolute Gasteiger partial charge is 0.342 e. The molecular weight excluding hydrogens is 708 g/mol. The number of nitrogens with zero attached hydrogens (tertiary/aromatic N) is 4. The molecule has 0 aliphatic heterocycles. The van der Waals surface area contributed by atoms with Crippen LogP contribution < -0.4 is 14.2 Å². The number of pyridine rings is 2. The molecule has 14 nitrogen and oxygen atoms in total. The van der Waals surface area contributed by atoms with Gasteiger partial charge in [-0.3, -0.25) is 9.97 Å². The Bertz CT molecular complexity index is 2160. The Morgan fingerprint density at radius 3 is 1.65 bits per heavy atom. The number of benzene rings is 3. The van der Waals surface area contributed by atoms with E-state index in [1.807, 2.05) is 36.4 Å². The van der Waals surface area contributed by atoms with E-state index in [0.29, 0.717) is 40.4 Å². The van der Waals surface area contributed by atoms with E-state index in [1.54, 1.807) is 44.2 Å². The average molecular weight is 747 g/mol. The number of aromatic nitrogens is 2. The lowest BCUT2D eigenvalue weighted by atomic mass is 10.1. The van der Waals surface area contributed by atoms with Gasteiger partial charge in [0.05, 0.1) is 48.1 Å². The third-order valence-corrected chi connectivity index (χ3v) is 7.44. The largest absolute Gasteiger partial charge is 0.507 e. The molecule has 0 saturated carbocycles. The topological polar surface area (TPSA) is 192 Å². The van der Waals surface area contributed by atoms with Crippen molar-refractivity contribution >= 4 is 11.9 Å². The van der Waals surface area contributed by atoms with Gasteiger partial charge in [-0.25, -0.2) is 9.59 Å². The number of esters is 2. The molecule has 0 spiro atoms. The Labute approximate surface area is 318 Å². The fourth-order valence-electron chi connectivity index (χ4n) is 4.84. The van der Waals surface area contributed by atoms with Crippen molar-refractivity contribution in [1.29, 1.82) is 10.5 Å². The molecule has 2 aromatic heterocycles. The van der Waals surface area contributed by atoms with Crippen LogP contribution >= 0.6 is 0 Å². The molecule has 2 heterocycles. The zero-order valence-corrected chi connectivity index (χ0v) is 30.6. The first kappa shape index (κ1) is 40.8. The number of hydrogen-bond donors (Lipinski definition) is 1. The summed E-state index contributed by atoms with van der Waals surface area (Å²) < 4.78 is 36.4. The van der Waals surface area contributed by atoms with Gasteiger partial charge in [-0.1, -0.05) is 30.3 Å². The highest BCUT2D eigenvalue weighted by Gasteiger charge is 2.19. The van der Waals surface area contributed by atoms with Crippen molar-refractivity contribution in [1.82, 2.24) is 9.97 Å². The number of carbonyl (C=O) groups is 2. The summed E-state index contributed by atoms with van der Waals surface area (Å²) in [6, 6.07) is 26.5. The molecule has 0 unspecified atom stereocenters. The average Bonchev–Trinajstić information content (AvgIpc) is 3.22. The van der Waals surface area contributed by atoms with Crippen LogP contribution in [0.3, 0.4) is 0 Å². The van der Waals surface area contributed by atoms with Gasteiger partial charge in [0.25, 0.3) is 0 Å². The molecule has 1 N–H and O–H groups in total. The predicted octanol–water partition coefficient (Wildman–Crippen LogP) is 6.84. The summed E-state index contributed by atoms with van der Waals surface area (Å²) in [7, 11) is 2.95. The van der Waals surface area contributed by atoms with E-state index in [4.69, 9.17) is 38.4 Å². The molecule has 0 atom stereocenters. The molecule has 5 rings (SSSR count). The maximum Gasteiger partial charge on any atom is 0.342 e. The van der Waals surface area contributed by atoms with Crippen LogP contribution in [0.1, 0.15) is 51.3 Å². The number of methoxy groups -OCH3 is 2. The summed E-state index contributed by atoms with van der Waals surface area (Å²) in [5.41, 5.74) is 4.10. The Morgan fingerprint density at radius 1 is 0.655 bits per heavy atom. The Kier molecular flexibility index (Phi) is 15.5. The van der Waals surface area contributed by atoms with Gasteiger partial charge in [0.1, 0.15) is 41.4 Å². The highest BCUT2D eigenvalue weighted by molar-refractivity contribution is 5.94. The highest BCUT2D eigenvalue weighted by Crippen LogP contribution is 2.30. The first-order valence-electron chi connectivity index (χ1n) is 16.8. The lowest BCUT2D eigenvalue weighted by Crippen LogP contribution is -2.10. The standard InChI is InChI=1S/C24H22N2O5.C17H16N2O5/c1-3-29-24(27)20-12-21(26-14-23(20)31-16-28-2)18-9-10-22(19(11-18)13-25)30-15-17-7-5-4-6-8-17;1-3-23-17(21)13-7-14(19-9-16(13)24-10-22-2)11-4-5-15(20)12(6-11)8-18/h4-12,14H,3,15-16H2,1-2H3;4-7,9,20H,3,10H2,1-2H3. The van der Waals surface area contributed by atoms with E-state index in [0.717, 1.165) is 5.56 Å². The molecule has 0 amide bonds. The molecule has 55 heavy (non-hydrogen) atoms. The van der Waals surface area contributed by atoms with Gasteiger partial charge in [-0.2, -0.15) is 10.5 Å². The fraction of sp³-hybridized carbons (Fsp3) is 0.220. The van der Waals surface area contributed by atoms with Crippen molar-refractivity contribution in [2.75, 3.05) is 41.0 Å². The maximum atomic E-state index is 12.4. The third kappa shape index (κ3) is 11.2. The molecule has 5 aromatic rings. The first-order chi connectivity index (χ1) is 26.8. The van der Waals surface area contributed by atoms with Gasteiger partial charge >= 0.3 is 11.9 Å². The molecule has 0 bridgehead atoms. The molecule has 3 aromatic carbocycles. The van der Waals surface area contributed by atoms with Gasteiger partial charge in [0.2, 0.25) is 0 Å². The summed E-state index contributed by atoms with van der Waals surface area (Å²) in [4.78, 5) is 33.1. The lowest BCUT2D eigenvalue weighted by molar-refractivity contribution is 0.0427. The van der Waals surface area contributed by atoms with E-state index in [1.165, 1.54) is 44.8 Å². The van der Waals surface area contributed by atoms with E-state index in [-0.39, 0.29) is 60.7 Å². The van der Waals surface area contributed by atoms with Gasteiger partial charge in [-0.05, 0) is 67.9 Å². The minimum Gasteiger partial charge on any atom is -0.507 e. The number of carbonyl (C=O) groups excluding carboxylic acids is 2. The second-order valence-corrected chi connectivity index (χ2v) is 11.1. The molecule has 0 saturated heterocycles. The zero-order valence-electron chi connectivity index (χ0n) is 30.6. The van der Waals surface area contributed by atoms with Crippen LogP contribution in [0.25, 0.3) is 22.5 Å². The molecule has 0 aliphatic carbocycles. The Morgan fingerprint density at radius 2 is 1.16 bits per heavy atom. The number of rotatable bonds is 15. The number of ether oxygens (including phenoxy) is 7. The van der Waals surface area contributed by atoms with E-state index in [2.05, 4.69) is 16.0 Å².